The number of alkyl halides is 3. The summed E-state index contributed by atoms with van der Waals surface area (Å²) < 4.78 is 37.7. The highest BCUT2D eigenvalue weighted by atomic mass is 19.4. The van der Waals surface area contributed by atoms with E-state index >= 15 is 0 Å². The van der Waals surface area contributed by atoms with Gasteiger partial charge in [-0.05, 0) is 44.3 Å². The van der Waals surface area contributed by atoms with Gasteiger partial charge in [-0.3, -0.25) is 0 Å². The van der Waals surface area contributed by atoms with Crippen molar-refractivity contribution in [3.63, 3.8) is 0 Å². The molecule has 94 valence electrons. The maximum atomic E-state index is 12.6. The minimum Gasteiger partial charge on any atom is -0.383 e. The SMILES string of the molecule is CN(C)C1CNc2ccc(C(F)(F)F)cc2C1. The maximum absolute atomic E-state index is 12.6. The molecule has 2 rings (SSSR count). The Balaban J connectivity index is 2.29. The van der Waals surface area contributed by atoms with Gasteiger partial charge in [0, 0.05) is 18.3 Å². The number of anilines is 1. The van der Waals surface area contributed by atoms with Crippen LogP contribution in [0.15, 0.2) is 18.2 Å². The second-order valence-electron chi connectivity index (χ2n) is 4.57. The van der Waals surface area contributed by atoms with Crippen LogP contribution in [0.1, 0.15) is 11.1 Å². The molecule has 1 aliphatic heterocycles. The summed E-state index contributed by atoms with van der Waals surface area (Å²) >= 11 is 0. The Labute approximate surface area is 98.4 Å². The number of hydrogen-bond acceptors (Lipinski definition) is 2. The number of likely N-dealkylation sites (N-methyl/N-ethyl adjacent to an activating group) is 1. The number of nitrogens with zero attached hydrogens (tertiary/aromatic N) is 1. The lowest BCUT2D eigenvalue weighted by molar-refractivity contribution is -0.137. The van der Waals surface area contributed by atoms with Gasteiger partial charge < -0.3 is 10.2 Å². The van der Waals surface area contributed by atoms with Crippen molar-refractivity contribution >= 4 is 5.69 Å². The Kier molecular flexibility index (Phi) is 3.03. The molecule has 0 radical (unpaired) electrons. The first-order valence-corrected chi connectivity index (χ1v) is 5.48. The van der Waals surface area contributed by atoms with Crippen molar-refractivity contribution in [2.24, 2.45) is 0 Å². The average Bonchev–Trinajstić information content (AvgIpc) is 2.26. The molecule has 1 N–H and O–H groups in total. The van der Waals surface area contributed by atoms with Gasteiger partial charge in [-0.2, -0.15) is 13.2 Å². The van der Waals surface area contributed by atoms with Crippen LogP contribution in [-0.2, 0) is 12.6 Å². The van der Waals surface area contributed by atoms with Crippen LogP contribution in [0.5, 0.6) is 0 Å². The monoisotopic (exact) mass is 244 g/mol. The fraction of sp³-hybridized carbons (Fsp3) is 0.500. The molecule has 0 aromatic heterocycles. The van der Waals surface area contributed by atoms with E-state index in [2.05, 4.69) is 5.32 Å². The molecule has 5 heteroatoms. The highest BCUT2D eigenvalue weighted by Gasteiger charge is 2.32. The first-order chi connectivity index (χ1) is 7.88. The third-order valence-corrected chi connectivity index (χ3v) is 3.15. The van der Waals surface area contributed by atoms with Crippen LogP contribution in [0, 0.1) is 0 Å². The standard InChI is InChI=1S/C12H15F3N2/c1-17(2)10-6-8-5-9(12(13,14)15)3-4-11(8)16-7-10/h3-5,10,16H,6-7H2,1-2H3. The smallest absolute Gasteiger partial charge is 0.383 e. The predicted octanol–water partition coefficient (Wildman–Crippen LogP) is 2.60. The normalized spacial score (nSPS) is 20.0. The molecule has 1 aliphatic rings. The van der Waals surface area contributed by atoms with Gasteiger partial charge in [0.05, 0.1) is 5.56 Å². The van der Waals surface area contributed by atoms with Gasteiger partial charge in [-0.1, -0.05) is 0 Å². The highest BCUT2D eigenvalue weighted by Crippen LogP contribution is 2.33. The van der Waals surface area contributed by atoms with Gasteiger partial charge >= 0.3 is 6.18 Å². The molecular weight excluding hydrogens is 229 g/mol. The van der Waals surface area contributed by atoms with E-state index < -0.39 is 11.7 Å². The first kappa shape index (κ1) is 12.2. The molecule has 17 heavy (non-hydrogen) atoms. The largest absolute Gasteiger partial charge is 0.416 e. The van der Waals surface area contributed by atoms with Crippen LogP contribution in [0.25, 0.3) is 0 Å². The van der Waals surface area contributed by atoms with Gasteiger partial charge in [0.15, 0.2) is 0 Å². The van der Waals surface area contributed by atoms with Crippen molar-refractivity contribution in [3.8, 4) is 0 Å². The lowest BCUT2D eigenvalue weighted by Crippen LogP contribution is -2.39. The van der Waals surface area contributed by atoms with E-state index in [1.165, 1.54) is 12.1 Å². The average molecular weight is 244 g/mol. The van der Waals surface area contributed by atoms with Crippen molar-refractivity contribution in [2.75, 3.05) is 26.0 Å². The number of benzene rings is 1. The summed E-state index contributed by atoms with van der Waals surface area (Å²) in [5, 5.41) is 3.16. The topological polar surface area (TPSA) is 15.3 Å². The third-order valence-electron chi connectivity index (χ3n) is 3.15. The van der Waals surface area contributed by atoms with Crippen molar-refractivity contribution in [2.45, 2.75) is 18.6 Å². The highest BCUT2D eigenvalue weighted by molar-refractivity contribution is 5.55. The Morgan fingerprint density at radius 2 is 2.00 bits per heavy atom. The van der Waals surface area contributed by atoms with E-state index in [-0.39, 0.29) is 6.04 Å². The number of nitrogens with one attached hydrogen (secondary N) is 1. The van der Waals surface area contributed by atoms with E-state index in [0.717, 1.165) is 23.9 Å². The number of rotatable bonds is 1. The summed E-state index contributed by atoms with van der Waals surface area (Å²) in [6.45, 7) is 0.769. The quantitative estimate of drug-likeness (QED) is 0.817. The molecule has 0 amide bonds. The van der Waals surface area contributed by atoms with Crippen LogP contribution < -0.4 is 5.32 Å². The Morgan fingerprint density at radius 1 is 1.29 bits per heavy atom. The zero-order valence-corrected chi connectivity index (χ0v) is 9.80. The summed E-state index contributed by atoms with van der Waals surface area (Å²) in [6.07, 6.45) is -3.61. The van der Waals surface area contributed by atoms with Crippen LogP contribution in [-0.4, -0.2) is 31.6 Å². The predicted molar refractivity (Wildman–Crippen MR) is 61.1 cm³/mol. The number of fused-ring (bicyclic) bond motifs is 1. The van der Waals surface area contributed by atoms with Crippen molar-refractivity contribution in [1.29, 1.82) is 0 Å². The Morgan fingerprint density at radius 3 is 2.59 bits per heavy atom. The van der Waals surface area contributed by atoms with Gasteiger partial charge in [-0.25, -0.2) is 0 Å². The van der Waals surface area contributed by atoms with E-state index in [0.29, 0.717) is 6.42 Å². The molecule has 1 aromatic rings. The molecular formula is C12H15F3N2. The fourth-order valence-corrected chi connectivity index (χ4v) is 2.03. The Bertz CT molecular complexity index is 413. The van der Waals surface area contributed by atoms with E-state index in [9.17, 15) is 13.2 Å². The zero-order chi connectivity index (χ0) is 12.6. The lowest BCUT2D eigenvalue weighted by atomic mass is 9.97. The summed E-state index contributed by atoms with van der Waals surface area (Å²) in [4.78, 5) is 2.02. The van der Waals surface area contributed by atoms with Crippen LogP contribution in [0.2, 0.25) is 0 Å². The molecule has 0 aliphatic carbocycles. The van der Waals surface area contributed by atoms with Crippen molar-refractivity contribution in [3.05, 3.63) is 29.3 Å². The third kappa shape index (κ3) is 2.54. The molecule has 0 saturated heterocycles. The first-order valence-electron chi connectivity index (χ1n) is 5.48. The van der Waals surface area contributed by atoms with Crippen LogP contribution in [0.3, 0.4) is 0 Å². The number of hydrogen-bond donors (Lipinski definition) is 1. The fourth-order valence-electron chi connectivity index (χ4n) is 2.03. The molecule has 1 unspecified atom stereocenters. The number of halogens is 3. The van der Waals surface area contributed by atoms with Gasteiger partial charge in [0.1, 0.15) is 0 Å². The molecule has 0 fully saturated rings. The molecule has 0 saturated carbocycles. The minimum absolute atomic E-state index is 0.242. The molecule has 0 bridgehead atoms. The molecule has 1 atom stereocenters. The van der Waals surface area contributed by atoms with E-state index in [1.807, 2.05) is 19.0 Å². The minimum atomic E-state index is -4.26. The molecule has 1 heterocycles. The van der Waals surface area contributed by atoms with Crippen LogP contribution >= 0.6 is 0 Å². The lowest BCUT2D eigenvalue weighted by Gasteiger charge is -2.31. The van der Waals surface area contributed by atoms with E-state index in [4.69, 9.17) is 0 Å². The second kappa shape index (κ2) is 4.22. The Hall–Kier alpha value is -1.23. The van der Waals surface area contributed by atoms with Gasteiger partial charge in [0.2, 0.25) is 0 Å². The van der Waals surface area contributed by atoms with Crippen molar-refractivity contribution in [1.82, 2.24) is 4.90 Å². The van der Waals surface area contributed by atoms with Crippen molar-refractivity contribution < 1.29 is 13.2 Å². The van der Waals surface area contributed by atoms with Crippen LogP contribution in [0.4, 0.5) is 18.9 Å². The maximum Gasteiger partial charge on any atom is 0.416 e. The summed E-state index contributed by atoms with van der Waals surface area (Å²) in [7, 11) is 3.87. The molecule has 0 spiro atoms. The van der Waals surface area contributed by atoms with E-state index in [1.54, 1.807) is 0 Å². The summed E-state index contributed by atoms with van der Waals surface area (Å²) in [5.74, 6) is 0. The molecule has 2 nitrogen and oxygen atoms in total. The second-order valence-corrected chi connectivity index (χ2v) is 4.57. The summed E-state index contributed by atoms with van der Waals surface area (Å²) in [5.41, 5.74) is 0.985. The van der Waals surface area contributed by atoms with Gasteiger partial charge in [-0.15, -0.1) is 0 Å². The summed E-state index contributed by atoms with van der Waals surface area (Å²) in [6, 6.07) is 4.13. The zero-order valence-electron chi connectivity index (χ0n) is 9.80. The van der Waals surface area contributed by atoms with Gasteiger partial charge in [0.25, 0.3) is 0 Å². The molecule has 1 aromatic carbocycles.